The van der Waals surface area contributed by atoms with Crippen LogP contribution < -0.4 is 15.4 Å². The van der Waals surface area contributed by atoms with Crippen molar-refractivity contribution in [1.82, 2.24) is 5.32 Å². The van der Waals surface area contributed by atoms with E-state index in [9.17, 15) is 14.4 Å². The number of aromatic carboxylic acids is 1. The normalized spacial score (nSPS) is 9.91. The summed E-state index contributed by atoms with van der Waals surface area (Å²) in [6, 6.07) is 4.33. The van der Waals surface area contributed by atoms with E-state index in [1.807, 2.05) is 6.92 Å². The lowest BCUT2D eigenvalue weighted by atomic mass is 10.1. The highest BCUT2D eigenvalue weighted by Crippen LogP contribution is 2.22. The van der Waals surface area contributed by atoms with Gasteiger partial charge in [-0.3, -0.25) is 9.59 Å². The molecule has 0 saturated heterocycles. The molecule has 7 heteroatoms. The Morgan fingerprint density at radius 3 is 2.45 bits per heavy atom. The molecule has 0 bridgehead atoms. The SMILES string of the molecule is CCCNC(=O)CCC(=O)Nc1ccc(OC)cc1C(=O)O. The molecule has 3 N–H and O–H groups in total. The monoisotopic (exact) mass is 308 g/mol. The molecule has 0 heterocycles. The van der Waals surface area contributed by atoms with Crippen molar-refractivity contribution in [2.75, 3.05) is 19.0 Å². The molecule has 1 aromatic carbocycles. The molecule has 0 aliphatic rings. The molecule has 0 spiro atoms. The number of hydrogen-bond acceptors (Lipinski definition) is 4. The number of carbonyl (C=O) groups excluding carboxylic acids is 2. The number of carbonyl (C=O) groups is 3. The van der Waals surface area contributed by atoms with E-state index in [-0.39, 0.29) is 30.0 Å². The molecule has 0 aromatic heterocycles. The van der Waals surface area contributed by atoms with Crippen LogP contribution in [0.15, 0.2) is 18.2 Å². The molecular weight excluding hydrogens is 288 g/mol. The van der Waals surface area contributed by atoms with Gasteiger partial charge >= 0.3 is 5.97 Å². The molecule has 0 atom stereocenters. The Hall–Kier alpha value is -2.57. The molecule has 7 nitrogen and oxygen atoms in total. The number of hydrogen-bond donors (Lipinski definition) is 3. The van der Waals surface area contributed by atoms with Gasteiger partial charge in [0.05, 0.1) is 18.4 Å². The summed E-state index contributed by atoms with van der Waals surface area (Å²) in [4.78, 5) is 34.4. The fourth-order valence-electron chi connectivity index (χ4n) is 1.73. The summed E-state index contributed by atoms with van der Waals surface area (Å²) in [6.45, 7) is 2.51. The van der Waals surface area contributed by atoms with Crippen LogP contribution in [0.4, 0.5) is 5.69 Å². The second kappa shape index (κ2) is 8.66. The first-order valence-electron chi connectivity index (χ1n) is 6.95. The highest BCUT2D eigenvalue weighted by molar-refractivity contribution is 6.01. The van der Waals surface area contributed by atoms with Gasteiger partial charge in [-0.05, 0) is 24.6 Å². The van der Waals surface area contributed by atoms with Crippen LogP contribution in [0.1, 0.15) is 36.5 Å². The minimum Gasteiger partial charge on any atom is -0.497 e. The summed E-state index contributed by atoms with van der Waals surface area (Å²) in [6.07, 6.45) is 0.872. The molecular formula is C15H20N2O5. The van der Waals surface area contributed by atoms with Crippen molar-refractivity contribution < 1.29 is 24.2 Å². The van der Waals surface area contributed by atoms with Gasteiger partial charge in [-0.2, -0.15) is 0 Å². The molecule has 1 aromatic rings. The number of benzene rings is 1. The Morgan fingerprint density at radius 1 is 1.18 bits per heavy atom. The van der Waals surface area contributed by atoms with E-state index in [1.165, 1.54) is 19.2 Å². The zero-order valence-electron chi connectivity index (χ0n) is 12.6. The van der Waals surface area contributed by atoms with Crippen LogP contribution in [0.5, 0.6) is 5.75 Å². The van der Waals surface area contributed by atoms with Gasteiger partial charge in [-0.15, -0.1) is 0 Å². The average molecular weight is 308 g/mol. The lowest BCUT2D eigenvalue weighted by Gasteiger charge is -2.10. The number of carboxylic acids is 1. The van der Waals surface area contributed by atoms with E-state index in [0.717, 1.165) is 6.42 Å². The van der Waals surface area contributed by atoms with Gasteiger partial charge in [0, 0.05) is 19.4 Å². The van der Waals surface area contributed by atoms with Crippen LogP contribution in [0, 0.1) is 0 Å². The standard InChI is InChI=1S/C15H20N2O5/c1-3-8-16-13(18)6-7-14(19)17-12-5-4-10(22-2)9-11(12)15(20)21/h4-5,9H,3,6-8H2,1-2H3,(H,16,18)(H,17,19)(H,20,21). The number of anilines is 1. The van der Waals surface area contributed by atoms with E-state index in [1.54, 1.807) is 6.07 Å². The second-order valence-electron chi connectivity index (χ2n) is 4.61. The summed E-state index contributed by atoms with van der Waals surface area (Å²) >= 11 is 0. The lowest BCUT2D eigenvalue weighted by Crippen LogP contribution is -2.25. The van der Waals surface area contributed by atoms with Crippen molar-refractivity contribution in [2.24, 2.45) is 0 Å². The maximum absolute atomic E-state index is 11.8. The van der Waals surface area contributed by atoms with E-state index in [2.05, 4.69) is 10.6 Å². The summed E-state index contributed by atoms with van der Waals surface area (Å²) in [5.74, 6) is -1.41. The molecule has 0 aliphatic carbocycles. The number of carboxylic acid groups (broad SMARTS) is 1. The maximum atomic E-state index is 11.8. The van der Waals surface area contributed by atoms with Crippen LogP contribution in [-0.4, -0.2) is 36.5 Å². The third-order valence-electron chi connectivity index (χ3n) is 2.88. The van der Waals surface area contributed by atoms with Crippen LogP contribution in [0.3, 0.4) is 0 Å². The van der Waals surface area contributed by atoms with Gasteiger partial charge in [-0.1, -0.05) is 6.92 Å². The zero-order valence-corrected chi connectivity index (χ0v) is 12.6. The molecule has 120 valence electrons. The highest BCUT2D eigenvalue weighted by atomic mass is 16.5. The number of amides is 2. The number of methoxy groups -OCH3 is 1. The van der Waals surface area contributed by atoms with E-state index in [0.29, 0.717) is 12.3 Å². The number of nitrogens with one attached hydrogen (secondary N) is 2. The zero-order chi connectivity index (χ0) is 16.5. The van der Waals surface area contributed by atoms with Crippen molar-refractivity contribution in [3.63, 3.8) is 0 Å². The maximum Gasteiger partial charge on any atom is 0.337 e. The molecule has 22 heavy (non-hydrogen) atoms. The Labute approximate surface area is 128 Å². The summed E-state index contributed by atoms with van der Waals surface area (Å²) in [5.41, 5.74) is 0.107. The first-order valence-corrected chi connectivity index (χ1v) is 6.95. The van der Waals surface area contributed by atoms with Gasteiger partial charge in [0.1, 0.15) is 5.75 Å². The largest absolute Gasteiger partial charge is 0.497 e. The molecule has 0 fully saturated rings. The minimum atomic E-state index is -1.17. The molecule has 0 radical (unpaired) electrons. The summed E-state index contributed by atoms with van der Waals surface area (Å²) in [7, 11) is 1.42. The molecule has 0 saturated carbocycles. The molecule has 0 unspecified atom stereocenters. The van der Waals surface area contributed by atoms with Crippen LogP contribution >= 0.6 is 0 Å². The van der Waals surface area contributed by atoms with E-state index >= 15 is 0 Å². The molecule has 0 aliphatic heterocycles. The first kappa shape index (κ1) is 17.5. The van der Waals surface area contributed by atoms with Crippen molar-refractivity contribution in [2.45, 2.75) is 26.2 Å². The lowest BCUT2D eigenvalue weighted by molar-refractivity contribution is -0.124. The van der Waals surface area contributed by atoms with Gasteiger partial charge < -0.3 is 20.5 Å². The second-order valence-corrected chi connectivity index (χ2v) is 4.61. The fraction of sp³-hybridized carbons (Fsp3) is 0.400. The first-order chi connectivity index (χ1) is 10.5. The van der Waals surface area contributed by atoms with Crippen LogP contribution in [0.25, 0.3) is 0 Å². The molecule has 1 rings (SSSR count). The smallest absolute Gasteiger partial charge is 0.337 e. The predicted molar refractivity (Wildman–Crippen MR) is 81.1 cm³/mol. The van der Waals surface area contributed by atoms with Gasteiger partial charge in [0.25, 0.3) is 0 Å². The van der Waals surface area contributed by atoms with Crippen LogP contribution in [0.2, 0.25) is 0 Å². The third-order valence-corrected chi connectivity index (χ3v) is 2.88. The Morgan fingerprint density at radius 2 is 1.86 bits per heavy atom. The molecule has 2 amide bonds. The van der Waals surface area contributed by atoms with Crippen molar-refractivity contribution in [3.8, 4) is 5.75 Å². The Balaban J connectivity index is 2.64. The fourth-order valence-corrected chi connectivity index (χ4v) is 1.73. The highest BCUT2D eigenvalue weighted by Gasteiger charge is 2.14. The predicted octanol–water partition coefficient (Wildman–Crippen LogP) is 1.64. The average Bonchev–Trinajstić information content (AvgIpc) is 2.51. The van der Waals surface area contributed by atoms with E-state index < -0.39 is 11.9 Å². The summed E-state index contributed by atoms with van der Waals surface area (Å²) in [5, 5.41) is 14.3. The number of rotatable bonds is 8. The number of ether oxygens (including phenoxy) is 1. The minimum absolute atomic E-state index is 0.0133. The topological polar surface area (TPSA) is 105 Å². The Kier molecular flexibility index (Phi) is 6.88. The van der Waals surface area contributed by atoms with E-state index in [4.69, 9.17) is 9.84 Å². The quantitative estimate of drug-likeness (QED) is 0.677. The van der Waals surface area contributed by atoms with Gasteiger partial charge in [-0.25, -0.2) is 4.79 Å². The Bertz CT molecular complexity index is 557. The summed E-state index contributed by atoms with van der Waals surface area (Å²) < 4.78 is 4.95. The van der Waals surface area contributed by atoms with Crippen LogP contribution in [-0.2, 0) is 9.59 Å². The van der Waals surface area contributed by atoms with Crippen molar-refractivity contribution in [1.29, 1.82) is 0 Å². The van der Waals surface area contributed by atoms with Crippen molar-refractivity contribution >= 4 is 23.5 Å². The van der Waals surface area contributed by atoms with Crippen molar-refractivity contribution in [3.05, 3.63) is 23.8 Å². The van der Waals surface area contributed by atoms with Gasteiger partial charge in [0.2, 0.25) is 11.8 Å². The third kappa shape index (κ3) is 5.43. The van der Waals surface area contributed by atoms with Gasteiger partial charge in [0.15, 0.2) is 0 Å².